The summed E-state index contributed by atoms with van der Waals surface area (Å²) in [6, 6.07) is 4.00. The first-order valence-corrected chi connectivity index (χ1v) is 6.85. The molecule has 0 unspecified atom stereocenters. The highest BCUT2D eigenvalue weighted by Crippen LogP contribution is 2.22. The fourth-order valence-electron chi connectivity index (χ4n) is 2.26. The van der Waals surface area contributed by atoms with Gasteiger partial charge in [-0.05, 0) is 30.7 Å². The van der Waals surface area contributed by atoms with Crippen molar-refractivity contribution in [2.75, 3.05) is 13.2 Å². The van der Waals surface area contributed by atoms with E-state index in [1.807, 2.05) is 6.92 Å². The van der Waals surface area contributed by atoms with E-state index >= 15 is 0 Å². The summed E-state index contributed by atoms with van der Waals surface area (Å²) >= 11 is 5.89. The summed E-state index contributed by atoms with van der Waals surface area (Å²) in [6.07, 6.45) is -0.769. The zero-order chi connectivity index (χ0) is 15.6. The number of aryl methyl sites for hydroxylation is 1. The van der Waals surface area contributed by atoms with Crippen LogP contribution in [-0.2, 0) is 9.59 Å². The number of carbonyl (C=O) groups is 2. The Morgan fingerprint density at radius 2 is 2.19 bits per heavy atom. The monoisotopic (exact) mass is 313 g/mol. The van der Waals surface area contributed by atoms with Crippen LogP contribution in [0.25, 0.3) is 0 Å². The van der Waals surface area contributed by atoms with Gasteiger partial charge in [-0.15, -0.1) is 0 Å². The van der Waals surface area contributed by atoms with Gasteiger partial charge in [0.25, 0.3) is 5.91 Å². The van der Waals surface area contributed by atoms with E-state index in [4.69, 9.17) is 21.4 Å². The number of benzene rings is 1. The van der Waals surface area contributed by atoms with Crippen molar-refractivity contribution >= 4 is 23.5 Å². The zero-order valence-electron chi connectivity index (χ0n) is 11.5. The summed E-state index contributed by atoms with van der Waals surface area (Å²) in [6.45, 7) is 1.55. The lowest BCUT2D eigenvalue weighted by Crippen LogP contribution is -2.42. The maximum Gasteiger partial charge on any atom is 0.326 e. The lowest BCUT2D eigenvalue weighted by atomic mass is 10.2. The molecule has 1 aromatic carbocycles. The highest BCUT2D eigenvalue weighted by Gasteiger charge is 2.38. The zero-order valence-corrected chi connectivity index (χ0v) is 12.2. The summed E-state index contributed by atoms with van der Waals surface area (Å²) in [5.74, 6) is -1.11. The molecular formula is C14H16ClNO5. The van der Waals surface area contributed by atoms with Crippen LogP contribution >= 0.6 is 11.6 Å². The molecule has 0 saturated carbocycles. The highest BCUT2D eigenvalue weighted by molar-refractivity contribution is 6.31. The Morgan fingerprint density at radius 3 is 2.81 bits per heavy atom. The number of ether oxygens (including phenoxy) is 1. The Kier molecular flexibility index (Phi) is 4.69. The van der Waals surface area contributed by atoms with E-state index in [-0.39, 0.29) is 19.6 Å². The molecule has 1 amide bonds. The minimum absolute atomic E-state index is 0.0127. The van der Waals surface area contributed by atoms with Crippen LogP contribution in [0, 0.1) is 6.92 Å². The van der Waals surface area contributed by atoms with Crippen LogP contribution in [0.4, 0.5) is 0 Å². The van der Waals surface area contributed by atoms with Gasteiger partial charge in [-0.25, -0.2) is 4.79 Å². The van der Waals surface area contributed by atoms with Crippen LogP contribution in [0.3, 0.4) is 0 Å². The van der Waals surface area contributed by atoms with Gasteiger partial charge in [0.1, 0.15) is 11.8 Å². The van der Waals surface area contributed by atoms with Crippen LogP contribution in [0.2, 0.25) is 5.02 Å². The molecule has 7 heteroatoms. The first-order chi connectivity index (χ1) is 9.88. The quantitative estimate of drug-likeness (QED) is 0.868. The van der Waals surface area contributed by atoms with E-state index in [9.17, 15) is 14.7 Å². The molecule has 1 aromatic rings. The topological polar surface area (TPSA) is 87.1 Å². The standard InChI is InChI=1S/C14H16ClNO5/c1-8-4-10(2-3-11(8)15)21-7-13(18)16-6-9(17)5-12(16)14(19)20/h2-4,9,12,17H,5-7H2,1H3,(H,19,20)/t9-,12+/m1/s1. The Balaban J connectivity index is 1.97. The Bertz CT molecular complexity index is 562. The van der Waals surface area contributed by atoms with Gasteiger partial charge in [-0.3, -0.25) is 4.79 Å². The molecule has 0 bridgehead atoms. The highest BCUT2D eigenvalue weighted by atomic mass is 35.5. The first-order valence-electron chi connectivity index (χ1n) is 6.47. The number of carbonyl (C=O) groups excluding carboxylic acids is 1. The molecule has 1 fully saturated rings. The summed E-state index contributed by atoms with van der Waals surface area (Å²) in [4.78, 5) is 24.2. The third-order valence-corrected chi connectivity index (χ3v) is 3.80. The molecule has 0 radical (unpaired) electrons. The van der Waals surface area contributed by atoms with Gasteiger partial charge in [0.05, 0.1) is 6.10 Å². The summed E-state index contributed by atoms with van der Waals surface area (Å²) in [5.41, 5.74) is 0.821. The van der Waals surface area contributed by atoms with Crippen LogP contribution in [0.5, 0.6) is 5.75 Å². The number of carboxylic acids is 1. The van der Waals surface area contributed by atoms with Crippen LogP contribution < -0.4 is 4.74 Å². The summed E-state index contributed by atoms with van der Waals surface area (Å²) < 4.78 is 5.35. The number of aliphatic hydroxyl groups is 1. The molecule has 6 nitrogen and oxygen atoms in total. The number of rotatable bonds is 4. The smallest absolute Gasteiger partial charge is 0.326 e. The molecule has 114 valence electrons. The van der Waals surface area contributed by atoms with Crippen LogP contribution in [-0.4, -0.2) is 52.3 Å². The number of β-amino-alcohol motifs (C(OH)–C–C–N with tert-alkyl or cyclic N) is 1. The maximum atomic E-state index is 12.0. The number of hydrogen-bond donors (Lipinski definition) is 2. The molecule has 2 rings (SSSR count). The molecule has 2 atom stereocenters. The van der Waals surface area contributed by atoms with Gasteiger partial charge in [0.2, 0.25) is 0 Å². The van der Waals surface area contributed by atoms with E-state index in [0.717, 1.165) is 10.5 Å². The second-order valence-corrected chi connectivity index (χ2v) is 5.40. The van der Waals surface area contributed by atoms with Crippen LogP contribution in [0.15, 0.2) is 18.2 Å². The lowest BCUT2D eigenvalue weighted by molar-refractivity contribution is -0.148. The van der Waals surface area contributed by atoms with Gasteiger partial charge in [0, 0.05) is 18.0 Å². The van der Waals surface area contributed by atoms with Gasteiger partial charge >= 0.3 is 5.97 Å². The first kappa shape index (κ1) is 15.6. The van der Waals surface area contributed by atoms with E-state index in [2.05, 4.69) is 0 Å². The number of likely N-dealkylation sites (tertiary alicyclic amines) is 1. The molecule has 0 spiro atoms. The number of hydrogen-bond acceptors (Lipinski definition) is 4. The van der Waals surface area contributed by atoms with Crippen molar-refractivity contribution in [2.24, 2.45) is 0 Å². The minimum atomic E-state index is -1.12. The Labute approximate surface area is 126 Å². The van der Waals surface area contributed by atoms with E-state index in [1.54, 1.807) is 18.2 Å². The largest absolute Gasteiger partial charge is 0.484 e. The molecular weight excluding hydrogens is 298 g/mol. The number of nitrogens with zero attached hydrogens (tertiary/aromatic N) is 1. The fraction of sp³-hybridized carbons (Fsp3) is 0.429. The maximum absolute atomic E-state index is 12.0. The predicted molar refractivity (Wildman–Crippen MR) is 75.4 cm³/mol. The second kappa shape index (κ2) is 6.32. The molecule has 1 saturated heterocycles. The predicted octanol–water partition coefficient (Wildman–Crippen LogP) is 1.07. The lowest BCUT2D eigenvalue weighted by Gasteiger charge is -2.21. The van der Waals surface area contributed by atoms with Crippen molar-refractivity contribution in [1.29, 1.82) is 0 Å². The van der Waals surface area contributed by atoms with Gasteiger partial charge in [-0.2, -0.15) is 0 Å². The second-order valence-electron chi connectivity index (χ2n) is 4.99. The minimum Gasteiger partial charge on any atom is -0.484 e. The summed E-state index contributed by atoms with van der Waals surface area (Å²) in [7, 11) is 0. The van der Waals surface area contributed by atoms with Gasteiger partial charge < -0.3 is 19.8 Å². The molecule has 1 aliphatic heterocycles. The fourth-order valence-corrected chi connectivity index (χ4v) is 2.38. The molecule has 0 aliphatic carbocycles. The van der Waals surface area contributed by atoms with Gasteiger partial charge in [0.15, 0.2) is 6.61 Å². The Hall–Kier alpha value is -1.79. The van der Waals surface area contributed by atoms with Crippen LogP contribution in [0.1, 0.15) is 12.0 Å². The van der Waals surface area contributed by atoms with Crippen molar-refractivity contribution in [2.45, 2.75) is 25.5 Å². The van der Waals surface area contributed by atoms with Crippen molar-refractivity contribution in [3.63, 3.8) is 0 Å². The molecule has 2 N–H and O–H groups in total. The number of carboxylic acid groups (broad SMARTS) is 1. The normalized spacial score (nSPS) is 21.4. The van der Waals surface area contributed by atoms with E-state index in [0.29, 0.717) is 10.8 Å². The van der Waals surface area contributed by atoms with Gasteiger partial charge in [-0.1, -0.05) is 11.6 Å². The molecule has 0 aromatic heterocycles. The third kappa shape index (κ3) is 3.65. The number of aliphatic hydroxyl groups excluding tert-OH is 1. The average molecular weight is 314 g/mol. The number of aliphatic carboxylic acids is 1. The average Bonchev–Trinajstić information content (AvgIpc) is 2.82. The number of halogens is 1. The van der Waals surface area contributed by atoms with E-state index in [1.165, 1.54) is 0 Å². The van der Waals surface area contributed by atoms with E-state index < -0.39 is 24.0 Å². The van der Waals surface area contributed by atoms with Crippen molar-refractivity contribution in [3.05, 3.63) is 28.8 Å². The Morgan fingerprint density at radius 1 is 1.48 bits per heavy atom. The molecule has 1 heterocycles. The van der Waals surface area contributed by atoms with Crippen molar-refractivity contribution in [1.82, 2.24) is 4.90 Å². The summed E-state index contributed by atoms with van der Waals surface area (Å²) in [5, 5.41) is 19.1. The SMILES string of the molecule is Cc1cc(OCC(=O)N2C[C@H](O)C[C@H]2C(=O)O)ccc1Cl. The van der Waals surface area contributed by atoms with Crippen molar-refractivity contribution < 1.29 is 24.5 Å². The molecule has 21 heavy (non-hydrogen) atoms. The molecule has 1 aliphatic rings. The number of amides is 1. The third-order valence-electron chi connectivity index (χ3n) is 3.38. The van der Waals surface area contributed by atoms with Crippen molar-refractivity contribution in [3.8, 4) is 5.75 Å².